The van der Waals surface area contributed by atoms with E-state index in [9.17, 15) is 0 Å². The number of rotatable bonds is 10. The first-order valence-electron chi connectivity index (χ1n) is 14.4. The Bertz CT molecular complexity index is 1550. The number of aryl methyl sites for hydroxylation is 4. The lowest BCUT2D eigenvalue weighted by atomic mass is 9.97. The van der Waals surface area contributed by atoms with E-state index < -0.39 is 0 Å². The van der Waals surface area contributed by atoms with Crippen LogP contribution in [0.4, 0.5) is 0 Å². The normalized spacial score (nSPS) is 10.8. The zero-order chi connectivity index (χ0) is 27.7. The SMILES string of the molecule is c1ccc(CCc2cc(-c3ccccc3)ccc2Oc2ccc(-c3ccccc3)cc2CCc2ccccc2)cc1. The van der Waals surface area contributed by atoms with Gasteiger partial charge in [0.25, 0.3) is 0 Å². The highest BCUT2D eigenvalue weighted by molar-refractivity contribution is 5.67. The van der Waals surface area contributed by atoms with Gasteiger partial charge < -0.3 is 4.74 Å². The van der Waals surface area contributed by atoms with Crippen LogP contribution in [0.2, 0.25) is 0 Å². The largest absolute Gasteiger partial charge is 0.457 e. The molecule has 0 radical (unpaired) electrons. The molecule has 1 heteroatoms. The molecule has 200 valence electrons. The van der Waals surface area contributed by atoms with Gasteiger partial charge in [-0.2, -0.15) is 0 Å². The summed E-state index contributed by atoms with van der Waals surface area (Å²) in [5, 5.41) is 0. The fourth-order valence-electron chi connectivity index (χ4n) is 5.33. The van der Waals surface area contributed by atoms with Crippen LogP contribution in [-0.2, 0) is 25.7 Å². The van der Waals surface area contributed by atoms with Gasteiger partial charge in [-0.05, 0) is 94.5 Å². The molecule has 6 aromatic carbocycles. The molecule has 0 heterocycles. The van der Waals surface area contributed by atoms with E-state index in [4.69, 9.17) is 4.74 Å². The third-order valence-corrected chi connectivity index (χ3v) is 7.61. The monoisotopic (exact) mass is 530 g/mol. The molecule has 1 nitrogen and oxygen atoms in total. The van der Waals surface area contributed by atoms with Crippen LogP contribution in [0.15, 0.2) is 158 Å². The first kappa shape index (κ1) is 26.3. The maximum absolute atomic E-state index is 6.80. The van der Waals surface area contributed by atoms with Gasteiger partial charge >= 0.3 is 0 Å². The van der Waals surface area contributed by atoms with Crippen LogP contribution in [0.1, 0.15) is 22.3 Å². The summed E-state index contributed by atoms with van der Waals surface area (Å²) in [6.07, 6.45) is 3.73. The van der Waals surface area contributed by atoms with Crippen molar-refractivity contribution in [3.05, 3.63) is 180 Å². The Morgan fingerprint density at radius 3 is 1.07 bits per heavy atom. The maximum atomic E-state index is 6.80. The molecule has 0 aliphatic rings. The van der Waals surface area contributed by atoms with Gasteiger partial charge in [-0.1, -0.05) is 133 Å². The van der Waals surface area contributed by atoms with E-state index in [-0.39, 0.29) is 0 Å². The molecular weight excluding hydrogens is 496 g/mol. The average molecular weight is 531 g/mol. The summed E-state index contributed by atoms with van der Waals surface area (Å²) in [4.78, 5) is 0. The van der Waals surface area contributed by atoms with Crippen molar-refractivity contribution < 1.29 is 4.74 Å². The first-order valence-corrected chi connectivity index (χ1v) is 14.4. The topological polar surface area (TPSA) is 9.23 Å². The molecule has 0 aromatic heterocycles. The Kier molecular flexibility index (Phi) is 8.34. The second-order valence-electron chi connectivity index (χ2n) is 10.5. The van der Waals surface area contributed by atoms with Crippen LogP contribution < -0.4 is 4.74 Å². The molecule has 0 amide bonds. The van der Waals surface area contributed by atoms with Crippen molar-refractivity contribution in [1.29, 1.82) is 0 Å². The summed E-state index contributed by atoms with van der Waals surface area (Å²) >= 11 is 0. The lowest BCUT2D eigenvalue weighted by molar-refractivity contribution is 0.469. The Morgan fingerprint density at radius 2 is 0.683 bits per heavy atom. The second-order valence-corrected chi connectivity index (χ2v) is 10.5. The summed E-state index contributed by atoms with van der Waals surface area (Å²) in [5.74, 6) is 1.85. The first-order chi connectivity index (χ1) is 20.3. The van der Waals surface area contributed by atoms with Gasteiger partial charge in [0.05, 0.1) is 0 Å². The van der Waals surface area contributed by atoms with E-state index >= 15 is 0 Å². The highest BCUT2D eigenvalue weighted by Crippen LogP contribution is 2.35. The highest BCUT2D eigenvalue weighted by Gasteiger charge is 2.13. The minimum atomic E-state index is 0.904. The van der Waals surface area contributed by atoms with Gasteiger partial charge in [0, 0.05) is 0 Å². The van der Waals surface area contributed by atoms with E-state index in [0.29, 0.717) is 0 Å². The van der Waals surface area contributed by atoms with Crippen LogP contribution in [0, 0.1) is 0 Å². The zero-order valence-electron chi connectivity index (χ0n) is 23.2. The van der Waals surface area contributed by atoms with Crippen LogP contribution in [-0.4, -0.2) is 0 Å². The number of benzene rings is 6. The van der Waals surface area contributed by atoms with Crippen molar-refractivity contribution in [2.45, 2.75) is 25.7 Å². The van der Waals surface area contributed by atoms with Crippen molar-refractivity contribution in [3.63, 3.8) is 0 Å². The summed E-state index contributed by atoms with van der Waals surface area (Å²) < 4.78 is 6.80. The highest BCUT2D eigenvalue weighted by atomic mass is 16.5. The molecule has 0 bridgehead atoms. The van der Waals surface area contributed by atoms with E-state index in [2.05, 4.69) is 158 Å². The molecule has 0 saturated heterocycles. The third-order valence-electron chi connectivity index (χ3n) is 7.61. The standard InChI is InChI=1S/C40H34O/c1-5-13-31(14-6-1)21-23-37-29-35(33-17-9-3-10-18-33)25-27-39(37)41-40-28-26-36(34-19-11-4-12-20-34)30-38(40)24-22-32-15-7-2-8-16-32/h1-20,25-30H,21-24H2. The smallest absolute Gasteiger partial charge is 0.130 e. The fraction of sp³-hybridized carbons (Fsp3) is 0.100. The summed E-state index contributed by atoms with van der Waals surface area (Å²) in [5.41, 5.74) is 9.97. The molecule has 0 aliphatic carbocycles. The van der Waals surface area contributed by atoms with Crippen LogP contribution >= 0.6 is 0 Å². The molecule has 6 rings (SSSR count). The predicted octanol–water partition coefficient (Wildman–Crippen LogP) is 10.4. The van der Waals surface area contributed by atoms with E-state index in [0.717, 1.165) is 37.2 Å². The third kappa shape index (κ3) is 6.83. The second kappa shape index (κ2) is 13.0. The van der Waals surface area contributed by atoms with Crippen molar-refractivity contribution in [1.82, 2.24) is 0 Å². The van der Waals surface area contributed by atoms with Crippen molar-refractivity contribution in [3.8, 4) is 33.8 Å². The molecule has 6 aromatic rings. The summed E-state index contributed by atoms with van der Waals surface area (Å²) in [6.45, 7) is 0. The zero-order valence-corrected chi connectivity index (χ0v) is 23.2. The average Bonchev–Trinajstić information content (AvgIpc) is 3.05. The van der Waals surface area contributed by atoms with Crippen LogP contribution in [0.25, 0.3) is 22.3 Å². The molecule has 0 atom stereocenters. The molecule has 0 unspecified atom stereocenters. The Morgan fingerprint density at radius 1 is 0.317 bits per heavy atom. The van der Waals surface area contributed by atoms with Crippen molar-refractivity contribution >= 4 is 0 Å². The minimum absolute atomic E-state index is 0.904. The summed E-state index contributed by atoms with van der Waals surface area (Å²) in [6, 6.07) is 55.8. The molecule has 0 spiro atoms. The molecule has 0 N–H and O–H groups in total. The lowest BCUT2D eigenvalue weighted by Crippen LogP contribution is -2.00. The van der Waals surface area contributed by atoms with Gasteiger partial charge in [0.1, 0.15) is 11.5 Å². The maximum Gasteiger partial charge on any atom is 0.130 e. The van der Waals surface area contributed by atoms with Crippen molar-refractivity contribution in [2.75, 3.05) is 0 Å². The molecule has 0 saturated carbocycles. The Balaban J connectivity index is 1.34. The fourth-order valence-corrected chi connectivity index (χ4v) is 5.33. The van der Waals surface area contributed by atoms with Gasteiger partial charge in [-0.15, -0.1) is 0 Å². The Labute approximate surface area is 243 Å². The number of hydrogen-bond donors (Lipinski definition) is 0. The number of ether oxygens (including phenoxy) is 1. The van der Waals surface area contributed by atoms with Crippen LogP contribution in [0.5, 0.6) is 11.5 Å². The van der Waals surface area contributed by atoms with Gasteiger partial charge in [0.2, 0.25) is 0 Å². The molecular formula is C40H34O. The number of hydrogen-bond acceptors (Lipinski definition) is 1. The molecule has 41 heavy (non-hydrogen) atoms. The Hall–Kier alpha value is -4.88. The predicted molar refractivity (Wildman–Crippen MR) is 172 cm³/mol. The van der Waals surface area contributed by atoms with Crippen LogP contribution in [0.3, 0.4) is 0 Å². The van der Waals surface area contributed by atoms with E-state index in [1.165, 1.54) is 44.5 Å². The quantitative estimate of drug-likeness (QED) is 0.171. The summed E-state index contributed by atoms with van der Waals surface area (Å²) in [7, 11) is 0. The van der Waals surface area contributed by atoms with E-state index in [1.807, 2.05) is 0 Å². The van der Waals surface area contributed by atoms with Gasteiger partial charge in [-0.25, -0.2) is 0 Å². The van der Waals surface area contributed by atoms with Crippen molar-refractivity contribution in [2.24, 2.45) is 0 Å². The molecule has 0 aliphatic heterocycles. The van der Waals surface area contributed by atoms with E-state index in [1.54, 1.807) is 0 Å². The molecule has 0 fully saturated rings. The van der Waals surface area contributed by atoms with Gasteiger partial charge in [0.15, 0.2) is 0 Å². The van der Waals surface area contributed by atoms with Gasteiger partial charge in [-0.3, -0.25) is 0 Å². The lowest BCUT2D eigenvalue weighted by Gasteiger charge is -2.17. The minimum Gasteiger partial charge on any atom is -0.457 e.